The molecule has 3 aromatic heterocycles. The SMILES string of the molecule is CCc1nc2ccc(C3=CCOCC3)cn2c1N(C)c1nc(-c2ccc(Cl)cc2)cs1. The lowest BCUT2D eigenvalue weighted by atomic mass is 10.0. The van der Waals surface area contributed by atoms with Crippen LogP contribution in [0.5, 0.6) is 0 Å². The number of nitrogens with zero attached hydrogens (tertiary/aromatic N) is 4. The van der Waals surface area contributed by atoms with Crippen LogP contribution in [0.1, 0.15) is 24.6 Å². The second kappa shape index (κ2) is 8.46. The average molecular weight is 451 g/mol. The van der Waals surface area contributed by atoms with Crippen molar-refractivity contribution in [2.45, 2.75) is 19.8 Å². The zero-order chi connectivity index (χ0) is 21.4. The summed E-state index contributed by atoms with van der Waals surface area (Å²) in [5, 5.41) is 3.74. The van der Waals surface area contributed by atoms with Gasteiger partial charge in [-0.1, -0.05) is 36.7 Å². The third-order valence-corrected chi connectivity index (χ3v) is 6.74. The van der Waals surface area contributed by atoms with Crippen LogP contribution in [0.15, 0.2) is 54.1 Å². The summed E-state index contributed by atoms with van der Waals surface area (Å²) < 4.78 is 7.67. The Balaban J connectivity index is 1.55. The predicted octanol–water partition coefficient (Wildman–Crippen LogP) is 6.25. The lowest BCUT2D eigenvalue weighted by Crippen LogP contribution is -2.13. The van der Waals surface area contributed by atoms with Crippen LogP contribution in [0.4, 0.5) is 10.9 Å². The summed E-state index contributed by atoms with van der Waals surface area (Å²) in [6, 6.07) is 12.0. The minimum absolute atomic E-state index is 0.677. The summed E-state index contributed by atoms with van der Waals surface area (Å²) >= 11 is 7.66. The molecule has 4 heterocycles. The van der Waals surface area contributed by atoms with Gasteiger partial charge in [0.05, 0.1) is 24.6 Å². The molecule has 5 nitrogen and oxygen atoms in total. The summed E-state index contributed by atoms with van der Waals surface area (Å²) in [5.41, 5.74) is 6.55. The summed E-state index contributed by atoms with van der Waals surface area (Å²) in [6.07, 6.45) is 6.15. The molecule has 0 saturated carbocycles. The molecule has 4 aromatic rings. The molecule has 31 heavy (non-hydrogen) atoms. The van der Waals surface area contributed by atoms with Gasteiger partial charge in [-0.25, -0.2) is 9.97 Å². The van der Waals surface area contributed by atoms with Crippen LogP contribution in [0.25, 0.3) is 22.5 Å². The molecule has 0 saturated heterocycles. The largest absolute Gasteiger partial charge is 0.377 e. The number of hydrogen-bond acceptors (Lipinski definition) is 5. The van der Waals surface area contributed by atoms with E-state index in [-0.39, 0.29) is 0 Å². The number of benzene rings is 1. The predicted molar refractivity (Wildman–Crippen MR) is 129 cm³/mol. The fraction of sp³-hybridized carbons (Fsp3) is 0.250. The standard InChI is InChI=1S/C24H23ClN4OS/c1-3-20-23(28(2)24-27-21(15-31-24)17-4-7-19(25)8-5-17)29-14-18(6-9-22(29)26-20)16-10-12-30-13-11-16/h4-10,14-15H,3,11-13H2,1-2H3. The summed E-state index contributed by atoms with van der Waals surface area (Å²) in [7, 11) is 2.06. The van der Waals surface area contributed by atoms with E-state index in [1.807, 2.05) is 24.3 Å². The number of fused-ring (bicyclic) bond motifs is 1. The maximum atomic E-state index is 6.03. The smallest absolute Gasteiger partial charge is 0.191 e. The van der Waals surface area contributed by atoms with Crippen LogP contribution in [-0.2, 0) is 11.2 Å². The summed E-state index contributed by atoms with van der Waals surface area (Å²) in [5.74, 6) is 1.06. The Morgan fingerprint density at radius 2 is 1.94 bits per heavy atom. The molecule has 0 aliphatic carbocycles. The van der Waals surface area contributed by atoms with Crippen molar-refractivity contribution in [2.24, 2.45) is 0 Å². The summed E-state index contributed by atoms with van der Waals surface area (Å²) in [6.45, 7) is 3.59. The van der Waals surface area contributed by atoms with E-state index in [2.05, 4.69) is 53.1 Å². The number of hydrogen-bond donors (Lipinski definition) is 0. The molecule has 0 amide bonds. The van der Waals surface area contributed by atoms with E-state index in [9.17, 15) is 0 Å². The number of ether oxygens (including phenoxy) is 1. The Bertz CT molecular complexity index is 1260. The first-order valence-corrected chi connectivity index (χ1v) is 11.6. The van der Waals surface area contributed by atoms with Gasteiger partial charge >= 0.3 is 0 Å². The lowest BCUT2D eigenvalue weighted by molar-refractivity contribution is 0.161. The third-order valence-electron chi connectivity index (χ3n) is 5.57. The van der Waals surface area contributed by atoms with Crippen LogP contribution in [-0.4, -0.2) is 34.6 Å². The van der Waals surface area contributed by atoms with Gasteiger partial charge in [-0.2, -0.15) is 0 Å². The van der Waals surface area contributed by atoms with Gasteiger partial charge in [-0.05, 0) is 48.2 Å². The van der Waals surface area contributed by atoms with Crippen molar-refractivity contribution >= 4 is 45.1 Å². The molecule has 0 bridgehead atoms. The molecule has 1 aliphatic heterocycles. The van der Waals surface area contributed by atoms with Gasteiger partial charge in [0.1, 0.15) is 11.5 Å². The Morgan fingerprint density at radius 1 is 1.13 bits per heavy atom. The highest BCUT2D eigenvalue weighted by atomic mass is 35.5. The van der Waals surface area contributed by atoms with Gasteiger partial charge in [-0.3, -0.25) is 4.40 Å². The molecule has 0 N–H and O–H groups in total. The number of thiazole rings is 1. The highest BCUT2D eigenvalue weighted by Gasteiger charge is 2.20. The quantitative estimate of drug-likeness (QED) is 0.360. The normalized spacial score (nSPS) is 14.1. The summed E-state index contributed by atoms with van der Waals surface area (Å²) in [4.78, 5) is 11.9. The number of imidazole rings is 1. The van der Waals surface area contributed by atoms with Gasteiger partial charge in [0.25, 0.3) is 0 Å². The number of rotatable bonds is 5. The van der Waals surface area contributed by atoms with Crippen molar-refractivity contribution in [2.75, 3.05) is 25.2 Å². The van der Waals surface area contributed by atoms with E-state index < -0.39 is 0 Å². The fourth-order valence-electron chi connectivity index (χ4n) is 3.91. The number of aryl methyl sites for hydroxylation is 1. The Morgan fingerprint density at radius 3 is 2.68 bits per heavy atom. The first-order valence-electron chi connectivity index (χ1n) is 10.4. The van der Waals surface area contributed by atoms with Gasteiger partial charge < -0.3 is 9.64 Å². The molecular formula is C24H23ClN4OS. The molecule has 1 aliphatic rings. The van der Waals surface area contributed by atoms with Crippen LogP contribution < -0.4 is 4.90 Å². The molecule has 0 fully saturated rings. The van der Waals surface area contributed by atoms with E-state index in [0.29, 0.717) is 6.61 Å². The zero-order valence-corrected chi connectivity index (χ0v) is 19.1. The molecule has 0 spiro atoms. The van der Waals surface area contributed by atoms with Crippen molar-refractivity contribution in [3.63, 3.8) is 0 Å². The highest BCUT2D eigenvalue weighted by Crippen LogP contribution is 2.34. The average Bonchev–Trinajstić information content (AvgIpc) is 3.44. The van der Waals surface area contributed by atoms with E-state index in [4.69, 9.17) is 26.3 Å². The molecule has 158 valence electrons. The van der Waals surface area contributed by atoms with Gasteiger partial charge in [0.2, 0.25) is 0 Å². The first kappa shape index (κ1) is 20.2. The number of halogens is 1. The van der Waals surface area contributed by atoms with Crippen LogP contribution in [0.3, 0.4) is 0 Å². The monoisotopic (exact) mass is 450 g/mol. The number of anilines is 2. The second-order valence-electron chi connectivity index (χ2n) is 7.52. The van der Waals surface area contributed by atoms with Crippen molar-refractivity contribution in [3.8, 4) is 11.3 Å². The van der Waals surface area contributed by atoms with Gasteiger partial charge in [-0.15, -0.1) is 11.3 Å². The fourth-order valence-corrected chi connectivity index (χ4v) is 4.84. The molecule has 7 heteroatoms. The third kappa shape index (κ3) is 3.87. The van der Waals surface area contributed by atoms with Crippen molar-refractivity contribution in [3.05, 3.63) is 70.3 Å². The van der Waals surface area contributed by atoms with Crippen molar-refractivity contribution in [1.29, 1.82) is 0 Å². The lowest BCUT2D eigenvalue weighted by Gasteiger charge is -2.18. The van der Waals surface area contributed by atoms with Gasteiger partial charge in [0, 0.05) is 29.2 Å². The number of pyridine rings is 1. The maximum Gasteiger partial charge on any atom is 0.191 e. The maximum absolute atomic E-state index is 6.03. The molecule has 0 radical (unpaired) electrons. The van der Waals surface area contributed by atoms with E-state index in [0.717, 1.165) is 58.0 Å². The molecule has 1 aromatic carbocycles. The van der Waals surface area contributed by atoms with Crippen LogP contribution in [0.2, 0.25) is 5.02 Å². The molecule has 5 rings (SSSR count). The Labute approximate surface area is 190 Å². The molecule has 0 unspecified atom stereocenters. The first-order chi connectivity index (χ1) is 15.1. The Hall–Kier alpha value is -2.67. The second-order valence-corrected chi connectivity index (χ2v) is 8.79. The minimum Gasteiger partial charge on any atom is -0.377 e. The van der Waals surface area contributed by atoms with E-state index in [1.54, 1.807) is 11.3 Å². The molecular weight excluding hydrogens is 428 g/mol. The van der Waals surface area contributed by atoms with Gasteiger partial charge in [0.15, 0.2) is 5.13 Å². The van der Waals surface area contributed by atoms with Crippen molar-refractivity contribution in [1.82, 2.24) is 14.4 Å². The topological polar surface area (TPSA) is 42.7 Å². The molecule has 0 atom stereocenters. The minimum atomic E-state index is 0.677. The van der Waals surface area contributed by atoms with Crippen LogP contribution >= 0.6 is 22.9 Å². The van der Waals surface area contributed by atoms with Crippen molar-refractivity contribution < 1.29 is 4.74 Å². The van der Waals surface area contributed by atoms with E-state index in [1.165, 1.54) is 11.1 Å². The van der Waals surface area contributed by atoms with E-state index >= 15 is 0 Å². The highest BCUT2D eigenvalue weighted by molar-refractivity contribution is 7.14. The van der Waals surface area contributed by atoms with Crippen LogP contribution in [0, 0.1) is 0 Å². The Kier molecular flexibility index (Phi) is 5.52. The number of aromatic nitrogens is 3. The zero-order valence-electron chi connectivity index (χ0n) is 17.5.